The number of guanidine groups is 1. The van der Waals surface area contributed by atoms with Gasteiger partial charge in [0.05, 0.1) is 13.1 Å². The number of nitrogens with one attached hydrogen (secondary N) is 1. The van der Waals surface area contributed by atoms with Crippen LogP contribution >= 0.6 is 11.6 Å². The van der Waals surface area contributed by atoms with Gasteiger partial charge in [-0.2, -0.15) is 0 Å². The third kappa shape index (κ3) is 2.73. The van der Waals surface area contributed by atoms with Crippen molar-refractivity contribution in [3.8, 4) is 11.3 Å². The Kier molecular flexibility index (Phi) is 3.38. The molecule has 1 aromatic carbocycles. The highest BCUT2D eigenvalue weighted by Gasteiger charge is 2.28. The molecule has 1 N–H and O–H groups in total. The van der Waals surface area contributed by atoms with Crippen molar-refractivity contribution < 1.29 is 9.32 Å². The average Bonchev–Trinajstić information content (AvgIpc) is 3.18. The number of hydrogen-bond acceptors (Lipinski definition) is 5. The zero-order valence-electron chi connectivity index (χ0n) is 12.1. The SMILES string of the molecule is O=C1NC2=NCCN2C/C1=C/c1cc(-c2ccc(Cl)cc2)no1. The molecule has 2 aromatic rings. The van der Waals surface area contributed by atoms with Gasteiger partial charge in [0.25, 0.3) is 5.91 Å². The van der Waals surface area contributed by atoms with Gasteiger partial charge in [-0.25, -0.2) is 0 Å². The summed E-state index contributed by atoms with van der Waals surface area (Å²) in [6, 6.07) is 9.14. The minimum atomic E-state index is -0.147. The zero-order chi connectivity index (χ0) is 15.8. The van der Waals surface area contributed by atoms with Crippen molar-refractivity contribution in [2.75, 3.05) is 19.6 Å². The summed E-state index contributed by atoms with van der Waals surface area (Å²) in [5, 5.41) is 7.49. The van der Waals surface area contributed by atoms with Gasteiger partial charge < -0.3 is 9.42 Å². The first-order valence-corrected chi connectivity index (χ1v) is 7.61. The molecule has 23 heavy (non-hydrogen) atoms. The van der Waals surface area contributed by atoms with Gasteiger partial charge in [-0.15, -0.1) is 0 Å². The lowest BCUT2D eigenvalue weighted by Crippen LogP contribution is -2.49. The molecule has 7 heteroatoms. The number of aliphatic imine (C=N–C) groups is 1. The second-order valence-corrected chi connectivity index (χ2v) is 5.81. The summed E-state index contributed by atoms with van der Waals surface area (Å²) in [7, 11) is 0. The second-order valence-electron chi connectivity index (χ2n) is 5.37. The topological polar surface area (TPSA) is 70.7 Å². The summed E-state index contributed by atoms with van der Waals surface area (Å²) in [4.78, 5) is 18.4. The predicted octanol–water partition coefficient (Wildman–Crippen LogP) is 2.18. The minimum absolute atomic E-state index is 0.147. The summed E-state index contributed by atoms with van der Waals surface area (Å²) in [6.07, 6.45) is 1.72. The van der Waals surface area contributed by atoms with Gasteiger partial charge >= 0.3 is 0 Å². The fraction of sp³-hybridized carbons (Fsp3) is 0.188. The van der Waals surface area contributed by atoms with E-state index < -0.39 is 0 Å². The van der Waals surface area contributed by atoms with Crippen molar-refractivity contribution in [3.05, 3.63) is 46.7 Å². The molecule has 1 fully saturated rings. The number of carbonyl (C=O) groups is 1. The average molecular weight is 329 g/mol. The van der Waals surface area contributed by atoms with E-state index in [2.05, 4.69) is 15.5 Å². The van der Waals surface area contributed by atoms with Gasteiger partial charge in [0.2, 0.25) is 5.96 Å². The molecule has 6 nitrogen and oxygen atoms in total. The highest BCUT2D eigenvalue weighted by atomic mass is 35.5. The van der Waals surface area contributed by atoms with E-state index in [-0.39, 0.29) is 5.91 Å². The smallest absolute Gasteiger partial charge is 0.255 e. The van der Waals surface area contributed by atoms with Crippen molar-refractivity contribution in [1.82, 2.24) is 15.4 Å². The van der Waals surface area contributed by atoms with E-state index in [0.29, 0.717) is 41.1 Å². The van der Waals surface area contributed by atoms with Crippen LogP contribution in [0.4, 0.5) is 0 Å². The summed E-state index contributed by atoms with van der Waals surface area (Å²) in [6.45, 7) is 2.06. The Morgan fingerprint density at radius 2 is 2.13 bits per heavy atom. The van der Waals surface area contributed by atoms with E-state index in [9.17, 15) is 4.79 Å². The molecule has 0 spiro atoms. The van der Waals surface area contributed by atoms with Gasteiger partial charge in [0.1, 0.15) is 5.69 Å². The number of aromatic nitrogens is 1. The lowest BCUT2D eigenvalue weighted by molar-refractivity contribution is -0.116. The Bertz CT molecular complexity index is 823. The minimum Gasteiger partial charge on any atom is -0.356 e. The molecular formula is C16H13ClN4O2. The van der Waals surface area contributed by atoms with E-state index in [1.807, 2.05) is 17.0 Å². The van der Waals surface area contributed by atoms with Gasteiger partial charge in [-0.05, 0) is 18.2 Å². The van der Waals surface area contributed by atoms with Crippen molar-refractivity contribution in [2.24, 2.45) is 4.99 Å². The summed E-state index contributed by atoms with van der Waals surface area (Å²) >= 11 is 5.88. The number of hydrogen-bond donors (Lipinski definition) is 1. The van der Waals surface area contributed by atoms with Crippen LogP contribution in [-0.2, 0) is 4.79 Å². The standard InChI is InChI=1S/C16H13ClN4O2/c17-12-3-1-10(2-4-12)14-8-13(23-20-14)7-11-9-21-6-5-18-16(21)19-15(11)22/h1-4,7-8H,5-6,9H2,(H,18,19,22)/b11-7-. The number of benzene rings is 1. The Morgan fingerprint density at radius 3 is 2.96 bits per heavy atom. The highest BCUT2D eigenvalue weighted by molar-refractivity contribution is 6.30. The molecule has 0 bridgehead atoms. The molecule has 0 atom stereocenters. The summed E-state index contributed by atoms with van der Waals surface area (Å²) in [5.74, 6) is 1.05. The molecular weight excluding hydrogens is 316 g/mol. The molecule has 116 valence electrons. The monoisotopic (exact) mass is 328 g/mol. The van der Waals surface area contributed by atoms with Gasteiger partial charge in [-0.3, -0.25) is 15.1 Å². The lowest BCUT2D eigenvalue weighted by atomic mass is 10.1. The third-order valence-corrected chi connectivity index (χ3v) is 4.05. The van der Waals surface area contributed by atoms with E-state index in [4.69, 9.17) is 16.1 Å². The van der Waals surface area contributed by atoms with Crippen molar-refractivity contribution >= 4 is 29.5 Å². The number of fused-ring (bicyclic) bond motifs is 1. The van der Waals surface area contributed by atoms with E-state index in [0.717, 1.165) is 12.1 Å². The maximum atomic E-state index is 12.1. The number of halogens is 1. The Balaban J connectivity index is 1.58. The van der Waals surface area contributed by atoms with E-state index >= 15 is 0 Å². The van der Waals surface area contributed by atoms with Crippen LogP contribution in [0.15, 0.2) is 45.4 Å². The van der Waals surface area contributed by atoms with Gasteiger partial charge in [-0.1, -0.05) is 28.9 Å². The molecule has 2 aliphatic heterocycles. The number of carbonyl (C=O) groups excluding carboxylic acids is 1. The van der Waals surface area contributed by atoms with Crippen LogP contribution < -0.4 is 5.32 Å². The van der Waals surface area contributed by atoms with Crippen LogP contribution in [0.5, 0.6) is 0 Å². The molecule has 3 heterocycles. The second kappa shape index (κ2) is 5.55. The van der Waals surface area contributed by atoms with E-state index in [1.54, 1.807) is 24.3 Å². The summed E-state index contributed by atoms with van der Waals surface area (Å²) in [5.41, 5.74) is 2.24. The van der Waals surface area contributed by atoms with Crippen molar-refractivity contribution in [3.63, 3.8) is 0 Å². The fourth-order valence-electron chi connectivity index (χ4n) is 2.61. The van der Waals surface area contributed by atoms with Crippen LogP contribution in [0.25, 0.3) is 17.3 Å². The summed E-state index contributed by atoms with van der Waals surface area (Å²) < 4.78 is 5.32. The maximum absolute atomic E-state index is 12.1. The maximum Gasteiger partial charge on any atom is 0.255 e. The van der Waals surface area contributed by atoms with Crippen LogP contribution in [0.3, 0.4) is 0 Å². The molecule has 0 unspecified atom stereocenters. The van der Waals surface area contributed by atoms with Crippen molar-refractivity contribution in [1.29, 1.82) is 0 Å². The fourth-order valence-corrected chi connectivity index (χ4v) is 2.74. The van der Waals surface area contributed by atoms with Crippen LogP contribution in [0.1, 0.15) is 5.76 Å². The van der Waals surface area contributed by atoms with Crippen molar-refractivity contribution in [2.45, 2.75) is 0 Å². The van der Waals surface area contributed by atoms with Crippen LogP contribution in [0.2, 0.25) is 5.02 Å². The van der Waals surface area contributed by atoms with Crippen LogP contribution in [-0.4, -0.2) is 41.6 Å². The number of amides is 1. The molecule has 0 aliphatic carbocycles. The first kappa shape index (κ1) is 14.0. The normalized spacial score (nSPS) is 18.8. The Hall–Kier alpha value is -2.60. The Labute approximate surface area is 137 Å². The first-order chi connectivity index (χ1) is 11.2. The van der Waals surface area contributed by atoms with Crippen LogP contribution in [0, 0.1) is 0 Å². The molecule has 1 saturated heterocycles. The zero-order valence-corrected chi connectivity index (χ0v) is 12.9. The molecule has 0 saturated carbocycles. The number of nitrogens with zero attached hydrogens (tertiary/aromatic N) is 3. The van der Waals surface area contributed by atoms with Gasteiger partial charge in [0.15, 0.2) is 5.76 Å². The van der Waals surface area contributed by atoms with Gasteiger partial charge in [0, 0.05) is 28.8 Å². The Morgan fingerprint density at radius 1 is 1.30 bits per heavy atom. The first-order valence-electron chi connectivity index (χ1n) is 7.23. The molecule has 1 aromatic heterocycles. The molecule has 0 radical (unpaired) electrons. The highest BCUT2D eigenvalue weighted by Crippen LogP contribution is 2.23. The lowest BCUT2D eigenvalue weighted by Gasteiger charge is -2.26. The molecule has 1 amide bonds. The largest absolute Gasteiger partial charge is 0.356 e. The quantitative estimate of drug-likeness (QED) is 0.858. The molecule has 2 aliphatic rings. The predicted molar refractivity (Wildman–Crippen MR) is 86.9 cm³/mol. The molecule has 4 rings (SSSR count). The van der Waals surface area contributed by atoms with E-state index in [1.165, 1.54) is 0 Å². The third-order valence-electron chi connectivity index (χ3n) is 3.79. The number of rotatable bonds is 2.